The van der Waals surface area contributed by atoms with E-state index in [0.717, 1.165) is 19.4 Å². The van der Waals surface area contributed by atoms with Gasteiger partial charge in [0.2, 0.25) is 5.91 Å². The highest BCUT2D eigenvalue weighted by Crippen LogP contribution is 2.27. The summed E-state index contributed by atoms with van der Waals surface area (Å²) in [7, 11) is 3.49. The number of nitrogens with zero attached hydrogens (tertiary/aromatic N) is 1. The van der Waals surface area contributed by atoms with Crippen molar-refractivity contribution in [1.82, 2.24) is 4.90 Å². The van der Waals surface area contributed by atoms with Crippen molar-refractivity contribution in [1.29, 1.82) is 0 Å². The van der Waals surface area contributed by atoms with Gasteiger partial charge < -0.3 is 14.7 Å². The van der Waals surface area contributed by atoms with Crippen LogP contribution in [0.25, 0.3) is 0 Å². The van der Waals surface area contributed by atoms with E-state index in [0.29, 0.717) is 18.9 Å². The highest BCUT2D eigenvalue weighted by Gasteiger charge is 2.29. The molecule has 1 N–H and O–H groups in total. The maximum absolute atomic E-state index is 11.8. The number of ether oxygens (including phenoxy) is 1. The van der Waals surface area contributed by atoms with Crippen molar-refractivity contribution < 1.29 is 14.6 Å². The molecule has 0 radical (unpaired) electrons. The average Bonchev–Trinajstić information content (AvgIpc) is 2.15. The summed E-state index contributed by atoms with van der Waals surface area (Å²) in [6.07, 6.45) is 2.08. The summed E-state index contributed by atoms with van der Waals surface area (Å²) in [6.45, 7) is 3.42. The minimum Gasteiger partial charge on any atom is -0.393 e. The lowest BCUT2D eigenvalue weighted by Crippen LogP contribution is -2.40. The second-order valence-corrected chi connectivity index (χ2v) is 5.03. The van der Waals surface area contributed by atoms with Gasteiger partial charge in [0.05, 0.1) is 6.10 Å². The minimum absolute atomic E-state index is 0.138. The number of methoxy groups -OCH3 is 1. The first kappa shape index (κ1) is 13.5. The first-order valence-electron chi connectivity index (χ1n) is 5.93. The van der Waals surface area contributed by atoms with Crippen LogP contribution >= 0.6 is 0 Å². The zero-order chi connectivity index (χ0) is 12.1. The smallest absolute Gasteiger partial charge is 0.222 e. The Bertz CT molecular complexity index is 226. The van der Waals surface area contributed by atoms with Crippen molar-refractivity contribution in [2.75, 3.05) is 27.3 Å². The Morgan fingerprint density at radius 2 is 2.19 bits per heavy atom. The van der Waals surface area contributed by atoms with Crippen LogP contribution in [0.3, 0.4) is 0 Å². The van der Waals surface area contributed by atoms with E-state index in [1.165, 1.54) is 0 Å². The van der Waals surface area contributed by atoms with Gasteiger partial charge in [0.25, 0.3) is 0 Å². The van der Waals surface area contributed by atoms with Crippen LogP contribution in [0.2, 0.25) is 0 Å². The molecule has 1 aliphatic rings. The maximum atomic E-state index is 11.8. The molecule has 1 aliphatic carbocycles. The standard InChI is InChI=1S/C12H23NO3/c1-9(8-16-3)4-12(15)13(2)7-10-5-11(14)6-10/h9-11,14H,4-8H2,1-3H3. The molecule has 0 aromatic heterocycles. The second kappa shape index (κ2) is 6.21. The van der Waals surface area contributed by atoms with E-state index in [9.17, 15) is 4.79 Å². The number of hydrogen-bond donors (Lipinski definition) is 1. The van der Waals surface area contributed by atoms with Crippen LogP contribution < -0.4 is 0 Å². The fourth-order valence-electron chi connectivity index (χ4n) is 2.14. The van der Waals surface area contributed by atoms with Crippen molar-refractivity contribution in [3.8, 4) is 0 Å². The van der Waals surface area contributed by atoms with Gasteiger partial charge in [-0.3, -0.25) is 4.79 Å². The summed E-state index contributed by atoms with van der Waals surface area (Å²) in [5.41, 5.74) is 0. The van der Waals surface area contributed by atoms with E-state index >= 15 is 0 Å². The van der Waals surface area contributed by atoms with Crippen molar-refractivity contribution in [3.63, 3.8) is 0 Å². The molecule has 1 saturated carbocycles. The van der Waals surface area contributed by atoms with Gasteiger partial charge in [0.1, 0.15) is 0 Å². The molecule has 1 amide bonds. The molecular weight excluding hydrogens is 206 g/mol. The predicted molar refractivity (Wildman–Crippen MR) is 62.0 cm³/mol. The third kappa shape index (κ3) is 4.10. The van der Waals surface area contributed by atoms with E-state index in [1.807, 2.05) is 14.0 Å². The summed E-state index contributed by atoms with van der Waals surface area (Å²) in [5.74, 6) is 0.930. The Hall–Kier alpha value is -0.610. The first-order chi connectivity index (χ1) is 7.52. The molecule has 1 fully saturated rings. The van der Waals surface area contributed by atoms with Gasteiger partial charge in [0, 0.05) is 33.7 Å². The summed E-state index contributed by atoms with van der Waals surface area (Å²) in [4.78, 5) is 13.6. The van der Waals surface area contributed by atoms with Gasteiger partial charge in [-0.1, -0.05) is 6.92 Å². The highest BCUT2D eigenvalue weighted by molar-refractivity contribution is 5.76. The average molecular weight is 229 g/mol. The van der Waals surface area contributed by atoms with Crippen LogP contribution in [0.1, 0.15) is 26.2 Å². The van der Waals surface area contributed by atoms with Crippen LogP contribution in [-0.2, 0) is 9.53 Å². The van der Waals surface area contributed by atoms with Crippen molar-refractivity contribution in [2.45, 2.75) is 32.3 Å². The molecule has 0 saturated heterocycles. The fourth-order valence-corrected chi connectivity index (χ4v) is 2.14. The maximum Gasteiger partial charge on any atom is 0.222 e. The van der Waals surface area contributed by atoms with Gasteiger partial charge in [-0.25, -0.2) is 0 Å². The van der Waals surface area contributed by atoms with Gasteiger partial charge in [0.15, 0.2) is 0 Å². The lowest BCUT2D eigenvalue weighted by atomic mass is 9.82. The van der Waals surface area contributed by atoms with Crippen molar-refractivity contribution >= 4 is 5.91 Å². The second-order valence-electron chi connectivity index (χ2n) is 5.03. The summed E-state index contributed by atoms with van der Waals surface area (Å²) in [5, 5.41) is 9.17. The van der Waals surface area contributed by atoms with Crippen LogP contribution in [0.5, 0.6) is 0 Å². The molecular formula is C12H23NO3. The van der Waals surface area contributed by atoms with E-state index < -0.39 is 0 Å². The third-order valence-electron chi connectivity index (χ3n) is 3.14. The number of carbonyl (C=O) groups excluding carboxylic acids is 1. The Labute approximate surface area is 97.6 Å². The lowest BCUT2D eigenvalue weighted by Gasteiger charge is -2.34. The first-order valence-corrected chi connectivity index (χ1v) is 5.93. The van der Waals surface area contributed by atoms with E-state index in [2.05, 4.69) is 0 Å². The number of aliphatic hydroxyl groups is 1. The Balaban J connectivity index is 2.19. The zero-order valence-electron chi connectivity index (χ0n) is 10.5. The van der Waals surface area contributed by atoms with Crippen LogP contribution in [-0.4, -0.2) is 49.3 Å². The van der Waals surface area contributed by atoms with Crippen LogP contribution in [0.15, 0.2) is 0 Å². The number of hydrogen-bond acceptors (Lipinski definition) is 3. The molecule has 4 heteroatoms. The third-order valence-corrected chi connectivity index (χ3v) is 3.14. The molecule has 0 spiro atoms. The van der Waals surface area contributed by atoms with Crippen molar-refractivity contribution in [3.05, 3.63) is 0 Å². The van der Waals surface area contributed by atoms with Gasteiger partial charge in [-0.05, 0) is 24.7 Å². The largest absolute Gasteiger partial charge is 0.393 e. The topological polar surface area (TPSA) is 49.8 Å². The van der Waals surface area contributed by atoms with Gasteiger partial charge in [-0.2, -0.15) is 0 Å². The van der Waals surface area contributed by atoms with E-state index in [4.69, 9.17) is 9.84 Å². The number of carbonyl (C=O) groups is 1. The normalized spacial score (nSPS) is 26.0. The molecule has 0 aliphatic heterocycles. The summed E-state index contributed by atoms with van der Waals surface area (Å²) in [6, 6.07) is 0. The zero-order valence-corrected chi connectivity index (χ0v) is 10.5. The Kier molecular flexibility index (Phi) is 5.22. The quantitative estimate of drug-likeness (QED) is 0.736. The van der Waals surface area contributed by atoms with Gasteiger partial charge >= 0.3 is 0 Å². The van der Waals surface area contributed by atoms with E-state index in [1.54, 1.807) is 12.0 Å². The van der Waals surface area contributed by atoms with Crippen LogP contribution in [0, 0.1) is 11.8 Å². The molecule has 1 unspecified atom stereocenters. The summed E-state index contributed by atoms with van der Waals surface area (Å²) >= 11 is 0. The van der Waals surface area contributed by atoms with Gasteiger partial charge in [-0.15, -0.1) is 0 Å². The number of aliphatic hydroxyl groups excluding tert-OH is 1. The highest BCUT2D eigenvalue weighted by atomic mass is 16.5. The van der Waals surface area contributed by atoms with Crippen molar-refractivity contribution in [2.24, 2.45) is 11.8 Å². The molecule has 4 nitrogen and oxygen atoms in total. The summed E-state index contributed by atoms with van der Waals surface area (Å²) < 4.78 is 5.01. The molecule has 0 aromatic carbocycles. The fraction of sp³-hybridized carbons (Fsp3) is 0.917. The molecule has 94 valence electrons. The molecule has 0 bridgehead atoms. The molecule has 1 rings (SSSR count). The Morgan fingerprint density at radius 1 is 1.56 bits per heavy atom. The van der Waals surface area contributed by atoms with Crippen LogP contribution in [0.4, 0.5) is 0 Å². The monoisotopic (exact) mass is 229 g/mol. The Morgan fingerprint density at radius 3 is 2.69 bits per heavy atom. The molecule has 0 heterocycles. The SMILES string of the molecule is COCC(C)CC(=O)N(C)CC1CC(O)C1. The van der Waals surface area contributed by atoms with E-state index in [-0.39, 0.29) is 17.9 Å². The molecule has 0 aromatic rings. The lowest BCUT2D eigenvalue weighted by molar-refractivity contribution is -0.132. The number of amides is 1. The molecule has 16 heavy (non-hydrogen) atoms. The number of rotatable bonds is 6. The minimum atomic E-state index is -0.138. The molecule has 1 atom stereocenters. The predicted octanol–water partition coefficient (Wildman–Crippen LogP) is 0.888.